The molecule has 0 saturated carbocycles. The second-order valence-corrected chi connectivity index (χ2v) is 17.6. The van der Waals surface area contributed by atoms with Crippen LogP contribution in [0.15, 0.2) is 134 Å². The lowest BCUT2D eigenvalue weighted by atomic mass is 10.1. The van der Waals surface area contributed by atoms with Crippen molar-refractivity contribution in [2.75, 3.05) is 13.2 Å². The van der Waals surface area contributed by atoms with Gasteiger partial charge < -0.3 is 14.2 Å². The van der Waals surface area contributed by atoms with E-state index in [9.17, 15) is 14.4 Å². The van der Waals surface area contributed by atoms with Crippen molar-refractivity contribution in [1.82, 2.24) is 0 Å². The van der Waals surface area contributed by atoms with Gasteiger partial charge in [-0.25, -0.2) is 0 Å². The molecule has 0 fully saturated rings. The summed E-state index contributed by atoms with van der Waals surface area (Å²) in [7, 11) is 0. The molecule has 0 N–H and O–H groups in total. The number of carbonyl (C=O) groups is 3. The molecule has 1 atom stereocenters. The molecular formula is C62H98O6. The van der Waals surface area contributed by atoms with Crippen molar-refractivity contribution in [3.8, 4) is 0 Å². The van der Waals surface area contributed by atoms with Gasteiger partial charge in [0.15, 0.2) is 6.10 Å². The molecule has 0 saturated heterocycles. The minimum absolute atomic E-state index is 0.112. The molecule has 382 valence electrons. The second kappa shape index (κ2) is 55.1. The number of allylic oxidation sites excluding steroid dienone is 22. The Hall–Kier alpha value is -4.45. The number of hydrogen-bond donors (Lipinski definition) is 0. The number of esters is 3. The Morgan fingerprint density at radius 2 is 0.632 bits per heavy atom. The molecule has 6 heteroatoms. The Morgan fingerprint density at radius 3 is 1.03 bits per heavy atom. The van der Waals surface area contributed by atoms with E-state index in [4.69, 9.17) is 14.2 Å². The van der Waals surface area contributed by atoms with Crippen LogP contribution in [-0.4, -0.2) is 37.2 Å². The molecule has 0 radical (unpaired) electrons. The van der Waals surface area contributed by atoms with E-state index in [2.05, 4.69) is 106 Å². The third-order valence-electron chi connectivity index (χ3n) is 11.1. The topological polar surface area (TPSA) is 78.9 Å². The molecule has 0 aromatic rings. The largest absolute Gasteiger partial charge is 0.462 e. The van der Waals surface area contributed by atoms with Crippen molar-refractivity contribution in [3.63, 3.8) is 0 Å². The Balaban J connectivity index is 4.55. The summed E-state index contributed by atoms with van der Waals surface area (Å²) in [5, 5.41) is 0. The highest BCUT2D eigenvalue weighted by Gasteiger charge is 2.19. The van der Waals surface area contributed by atoms with Gasteiger partial charge in [-0.1, -0.05) is 238 Å². The smallest absolute Gasteiger partial charge is 0.306 e. The summed E-state index contributed by atoms with van der Waals surface area (Å²) in [5.41, 5.74) is 0. The molecule has 0 aliphatic carbocycles. The number of ether oxygens (including phenoxy) is 3. The first kappa shape index (κ1) is 63.5. The van der Waals surface area contributed by atoms with Crippen molar-refractivity contribution >= 4 is 17.9 Å². The lowest BCUT2D eigenvalue weighted by Gasteiger charge is -2.18. The Kier molecular flexibility index (Phi) is 51.5. The maximum atomic E-state index is 12.8. The first-order valence-corrected chi connectivity index (χ1v) is 27.3. The fraction of sp³-hybridized carbons (Fsp3) is 0.597. The van der Waals surface area contributed by atoms with E-state index in [1.807, 2.05) is 48.6 Å². The fourth-order valence-electron chi connectivity index (χ4n) is 6.97. The van der Waals surface area contributed by atoms with Gasteiger partial charge in [0.05, 0.1) is 0 Å². The first-order valence-electron chi connectivity index (χ1n) is 27.3. The van der Waals surface area contributed by atoms with Crippen LogP contribution in [0, 0.1) is 0 Å². The number of unbranched alkanes of at least 4 members (excludes halogenated alkanes) is 21. The molecule has 0 heterocycles. The zero-order valence-corrected chi connectivity index (χ0v) is 43.6. The molecule has 0 aliphatic rings. The zero-order valence-electron chi connectivity index (χ0n) is 43.6. The zero-order chi connectivity index (χ0) is 49.3. The van der Waals surface area contributed by atoms with Crippen molar-refractivity contribution in [2.45, 2.75) is 226 Å². The monoisotopic (exact) mass is 939 g/mol. The van der Waals surface area contributed by atoms with E-state index >= 15 is 0 Å². The van der Waals surface area contributed by atoms with Gasteiger partial charge in [0.25, 0.3) is 0 Å². The van der Waals surface area contributed by atoms with E-state index in [-0.39, 0.29) is 31.1 Å². The van der Waals surface area contributed by atoms with Crippen molar-refractivity contribution in [2.24, 2.45) is 0 Å². The lowest BCUT2D eigenvalue weighted by molar-refractivity contribution is -0.167. The van der Waals surface area contributed by atoms with Crippen LogP contribution in [0.3, 0.4) is 0 Å². The van der Waals surface area contributed by atoms with Crippen molar-refractivity contribution < 1.29 is 28.6 Å². The number of hydrogen-bond acceptors (Lipinski definition) is 6. The predicted octanol–water partition coefficient (Wildman–Crippen LogP) is 18.3. The quantitative estimate of drug-likeness (QED) is 0.0199. The molecular weight excluding hydrogens is 841 g/mol. The van der Waals surface area contributed by atoms with Crippen LogP contribution in [0.4, 0.5) is 0 Å². The average molecular weight is 939 g/mol. The molecule has 0 amide bonds. The predicted molar refractivity (Wildman–Crippen MR) is 292 cm³/mol. The molecule has 0 aromatic carbocycles. The normalized spacial score (nSPS) is 13.2. The van der Waals surface area contributed by atoms with E-state index in [1.165, 1.54) is 70.6 Å². The maximum absolute atomic E-state index is 12.8. The van der Waals surface area contributed by atoms with Crippen LogP contribution < -0.4 is 0 Å². The number of carbonyl (C=O) groups excluding carboxylic acids is 3. The van der Waals surface area contributed by atoms with Gasteiger partial charge in [-0.2, -0.15) is 0 Å². The summed E-state index contributed by atoms with van der Waals surface area (Å²) in [5.74, 6) is -0.990. The van der Waals surface area contributed by atoms with Gasteiger partial charge in [-0.05, 0) is 96.3 Å². The van der Waals surface area contributed by atoms with Gasteiger partial charge >= 0.3 is 17.9 Å². The van der Waals surface area contributed by atoms with E-state index in [0.29, 0.717) is 19.3 Å². The van der Waals surface area contributed by atoms with Gasteiger partial charge in [-0.3, -0.25) is 14.4 Å². The highest BCUT2D eigenvalue weighted by atomic mass is 16.6. The van der Waals surface area contributed by atoms with Crippen LogP contribution in [-0.2, 0) is 28.6 Å². The maximum Gasteiger partial charge on any atom is 0.306 e. The second-order valence-electron chi connectivity index (χ2n) is 17.6. The van der Waals surface area contributed by atoms with Crippen LogP contribution in [0.1, 0.15) is 220 Å². The summed E-state index contributed by atoms with van der Waals surface area (Å²) >= 11 is 0. The van der Waals surface area contributed by atoms with E-state index in [0.717, 1.165) is 109 Å². The molecule has 0 aliphatic heterocycles. The molecule has 68 heavy (non-hydrogen) atoms. The van der Waals surface area contributed by atoms with Gasteiger partial charge in [0.1, 0.15) is 13.2 Å². The summed E-state index contributed by atoms with van der Waals surface area (Å²) in [6.07, 6.45) is 77.1. The molecule has 1 unspecified atom stereocenters. The highest BCUT2D eigenvalue weighted by Crippen LogP contribution is 2.13. The third kappa shape index (κ3) is 52.5. The highest BCUT2D eigenvalue weighted by molar-refractivity contribution is 5.71. The average Bonchev–Trinajstić information content (AvgIpc) is 3.34. The summed E-state index contributed by atoms with van der Waals surface area (Å²) < 4.78 is 16.8. The molecule has 0 spiro atoms. The Labute approximate surface area is 417 Å². The van der Waals surface area contributed by atoms with Crippen molar-refractivity contribution in [1.29, 1.82) is 0 Å². The summed E-state index contributed by atoms with van der Waals surface area (Å²) in [4.78, 5) is 38.1. The van der Waals surface area contributed by atoms with Gasteiger partial charge in [-0.15, -0.1) is 0 Å². The third-order valence-corrected chi connectivity index (χ3v) is 11.1. The SMILES string of the molecule is CC\C=C/C=C\C=C/C=C\C=C/CCCCCC(=O)OCC(COC(=O)CCCCCCC\C=C/C=C\C=C/C=C\CCCCC)OC(=O)CCCCCCCCC/C=C\C/C=C\CCCCC. The minimum atomic E-state index is -0.815. The Bertz CT molecular complexity index is 1500. The molecule has 0 rings (SSSR count). The number of rotatable bonds is 47. The van der Waals surface area contributed by atoms with Gasteiger partial charge in [0.2, 0.25) is 0 Å². The van der Waals surface area contributed by atoms with Crippen LogP contribution >= 0.6 is 0 Å². The molecule has 0 bridgehead atoms. The van der Waals surface area contributed by atoms with Crippen LogP contribution in [0.2, 0.25) is 0 Å². The van der Waals surface area contributed by atoms with Crippen molar-refractivity contribution in [3.05, 3.63) is 134 Å². The Morgan fingerprint density at radius 1 is 0.324 bits per heavy atom. The molecule has 0 aromatic heterocycles. The van der Waals surface area contributed by atoms with E-state index < -0.39 is 6.10 Å². The molecule has 6 nitrogen and oxygen atoms in total. The van der Waals surface area contributed by atoms with Gasteiger partial charge in [0, 0.05) is 19.3 Å². The first-order chi connectivity index (χ1) is 33.5. The standard InChI is InChI=1S/C62H98O6/c1-4-7-10-13-16-19-22-25-28-30-32-34-37-40-43-46-49-52-55-61(64)67-58-59(57-66-60(63)54-51-48-45-42-39-36-33-27-24-21-18-15-12-9-6-3)68-62(65)56-53-50-47-44-41-38-35-31-29-26-23-20-17-14-11-8-5-2/h9,12,15-22,24-30,32-34,36,39,59H,4-8,10-11,13-14,23,31,35,37-38,40-58H2,1-3H3/b12-9-,18-15-,19-16-,20-17-,24-21-,25-22-,29-26-,30-28-,33-27-,34-32-,39-36-. The van der Waals surface area contributed by atoms with Crippen LogP contribution in [0.25, 0.3) is 0 Å². The minimum Gasteiger partial charge on any atom is -0.462 e. The summed E-state index contributed by atoms with van der Waals surface area (Å²) in [6, 6.07) is 0. The lowest BCUT2D eigenvalue weighted by Crippen LogP contribution is -2.30. The van der Waals surface area contributed by atoms with Crippen LogP contribution in [0.5, 0.6) is 0 Å². The van der Waals surface area contributed by atoms with E-state index in [1.54, 1.807) is 0 Å². The fourth-order valence-corrected chi connectivity index (χ4v) is 6.97. The summed E-state index contributed by atoms with van der Waals surface area (Å²) in [6.45, 7) is 6.35.